The highest BCUT2D eigenvalue weighted by Crippen LogP contribution is 2.40. The molecule has 0 unspecified atom stereocenters. The van der Waals surface area contributed by atoms with Crippen LogP contribution >= 0.6 is 0 Å². The first kappa shape index (κ1) is 17.4. The van der Waals surface area contributed by atoms with Crippen molar-refractivity contribution in [2.24, 2.45) is 9.81 Å². The van der Waals surface area contributed by atoms with E-state index in [-0.39, 0.29) is 0 Å². The Labute approximate surface area is 149 Å². The Hall–Kier alpha value is -2.40. The highest BCUT2D eigenvalue weighted by atomic mass is 32.2. The molecule has 0 saturated carbocycles. The van der Waals surface area contributed by atoms with E-state index >= 15 is 0 Å². The second-order valence-electron chi connectivity index (χ2n) is 6.87. The van der Waals surface area contributed by atoms with Gasteiger partial charge in [0.1, 0.15) is 5.84 Å². The minimum absolute atomic E-state index is 0.508. The van der Waals surface area contributed by atoms with Gasteiger partial charge in [0.2, 0.25) is 0 Å². The van der Waals surface area contributed by atoms with Gasteiger partial charge >= 0.3 is 0 Å². The van der Waals surface area contributed by atoms with Gasteiger partial charge < -0.3 is 4.90 Å². The third-order valence-electron chi connectivity index (χ3n) is 4.29. The molecule has 3 rings (SSSR count). The summed E-state index contributed by atoms with van der Waals surface area (Å²) in [6.07, 6.45) is 3.23. The van der Waals surface area contributed by atoms with Crippen molar-refractivity contribution < 1.29 is 8.42 Å². The molecule has 2 aromatic rings. The Bertz CT molecular complexity index is 958. The van der Waals surface area contributed by atoms with E-state index in [0.29, 0.717) is 5.84 Å². The van der Waals surface area contributed by atoms with Crippen molar-refractivity contribution in [1.29, 1.82) is 0 Å². The molecule has 0 fully saturated rings. The summed E-state index contributed by atoms with van der Waals surface area (Å²) >= 11 is 0. The van der Waals surface area contributed by atoms with Crippen molar-refractivity contribution in [2.45, 2.75) is 13.8 Å². The number of rotatable bonds is 2. The average Bonchev–Trinajstić information content (AvgIpc) is 2.64. The van der Waals surface area contributed by atoms with Gasteiger partial charge in [0.15, 0.2) is 0 Å². The molecule has 0 bridgehead atoms. The summed E-state index contributed by atoms with van der Waals surface area (Å²) in [4.78, 5) is 1.88. The first-order chi connectivity index (χ1) is 11.7. The number of fused-ring (bicyclic) bond motifs is 1. The maximum absolute atomic E-state index is 11.9. The number of benzene rings is 2. The summed E-state index contributed by atoms with van der Waals surface area (Å²) in [5, 5.41) is 0. The van der Waals surface area contributed by atoms with Gasteiger partial charge in [-0.15, -0.1) is 4.40 Å². The standard InChI is InChI=1S/C20H22N2O2S/c1-20(2)14-17(15-10-6-5-7-11-15)16-12-8-9-13-18(16)22(3)19(20)21-25(4,23)24/h5-14H,1-4H3/b21-19-. The summed E-state index contributed by atoms with van der Waals surface area (Å²) in [6, 6.07) is 18.1. The van der Waals surface area contributed by atoms with Gasteiger partial charge in [0, 0.05) is 23.7 Å². The Kier molecular flexibility index (Phi) is 4.29. The van der Waals surface area contributed by atoms with E-state index < -0.39 is 15.4 Å². The van der Waals surface area contributed by atoms with Crippen LogP contribution in [-0.4, -0.2) is 27.6 Å². The van der Waals surface area contributed by atoms with Crippen molar-refractivity contribution >= 4 is 27.1 Å². The van der Waals surface area contributed by atoms with Crippen molar-refractivity contribution in [3.05, 3.63) is 71.8 Å². The van der Waals surface area contributed by atoms with Crippen LogP contribution in [0.5, 0.6) is 0 Å². The normalized spacial score (nSPS) is 18.5. The summed E-state index contributed by atoms with van der Waals surface area (Å²) in [5.74, 6) is 0.508. The predicted octanol–water partition coefficient (Wildman–Crippen LogP) is 3.95. The van der Waals surface area contributed by atoms with Crippen molar-refractivity contribution in [3.8, 4) is 0 Å². The molecule has 25 heavy (non-hydrogen) atoms. The molecule has 1 heterocycles. The smallest absolute Gasteiger partial charge is 0.251 e. The lowest BCUT2D eigenvalue weighted by atomic mass is 9.86. The predicted molar refractivity (Wildman–Crippen MR) is 104 cm³/mol. The van der Waals surface area contributed by atoms with E-state index in [1.165, 1.54) is 0 Å². The first-order valence-electron chi connectivity index (χ1n) is 8.11. The number of hydrogen-bond acceptors (Lipinski definition) is 2. The molecule has 0 aliphatic carbocycles. The third kappa shape index (κ3) is 3.51. The van der Waals surface area contributed by atoms with Gasteiger partial charge in [0.25, 0.3) is 10.0 Å². The quantitative estimate of drug-likeness (QED) is 0.820. The van der Waals surface area contributed by atoms with Crippen LogP contribution in [0.4, 0.5) is 5.69 Å². The van der Waals surface area contributed by atoms with Crippen LogP contribution in [0.25, 0.3) is 5.57 Å². The second kappa shape index (κ2) is 6.15. The van der Waals surface area contributed by atoms with Gasteiger partial charge in [-0.2, -0.15) is 0 Å². The Morgan fingerprint density at radius 1 is 0.960 bits per heavy atom. The van der Waals surface area contributed by atoms with Crippen LogP contribution in [0.2, 0.25) is 0 Å². The fourth-order valence-corrected chi connectivity index (χ4v) is 3.91. The van der Waals surface area contributed by atoms with E-state index in [9.17, 15) is 8.42 Å². The molecule has 5 heteroatoms. The minimum Gasteiger partial charge on any atom is -0.331 e. The maximum Gasteiger partial charge on any atom is 0.251 e. The number of anilines is 1. The van der Waals surface area contributed by atoms with E-state index in [0.717, 1.165) is 28.6 Å². The Morgan fingerprint density at radius 3 is 2.20 bits per heavy atom. The monoisotopic (exact) mass is 354 g/mol. The Balaban J connectivity index is 2.34. The van der Waals surface area contributed by atoms with Crippen LogP contribution in [0.1, 0.15) is 25.0 Å². The molecule has 0 spiro atoms. The summed E-state index contributed by atoms with van der Waals surface area (Å²) in [7, 11) is -1.64. The lowest BCUT2D eigenvalue weighted by Crippen LogP contribution is -2.37. The number of amidine groups is 1. The zero-order valence-electron chi connectivity index (χ0n) is 14.9. The minimum atomic E-state index is -3.51. The molecule has 1 aliphatic heterocycles. The zero-order chi connectivity index (χ0) is 18.2. The van der Waals surface area contributed by atoms with Gasteiger partial charge in [0.05, 0.1) is 6.26 Å². The zero-order valence-corrected chi connectivity index (χ0v) is 15.7. The van der Waals surface area contributed by atoms with Gasteiger partial charge in [-0.1, -0.05) is 54.6 Å². The van der Waals surface area contributed by atoms with Gasteiger partial charge in [-0.3, -0.25) is 0 Å². The highest BCUT2D eigenvalue weighted by Gasteiger charge is 2.33. The van der Waals surface area contributed by atoms with E-state index in [4.69, 9.17) is 0 Å². The first-order valence-corrected chi connectivity index (χ1v) is 9.96. The molecule has 0 amide bonds. The fraction of sp³-hybridized carbons (Fsp3) is 0.250. The SMILES string of the molecule is CN1/C(=N\S(C)(=O)=O)C(C)(C)C=C(c2ccccc2)c2ccccc21. The summed E-state index contributed by atoms with van der Waals surface area (Å²) in [5.41, 5.74) is 3.61. The van der Waals surface area contributed by atoms with Crippen molar-refractivity contribution in [3.63, 3.8) is 0 Å². The van der Waals surface area contributed by atoms with Crippen LogP contribution in [0.3, 0.4) is 0 Å². The highest BCUT2D eigenvalue weighted by molar-refractivity contribution is 7.89. The van der Waals surface area contributed by atoms with Crippen LogP contribution in [0, 0.1) is 5.41 Å². The number of sulfonamides is 1. The molecular formula is C20H22N2O2S. The van der Waals surface area contributed by atoms with Gasteiger partial charge in [-0.25, -0.2) is 8.42 Å². The van der Waals surface area contributed by atoms with E-state index in [1.807, 2.05) is 62.2 Å². The molecule has 0 radical (unpaired) electrons. The lowest BCUT2D eigenvalue weighted by molar-refractivity contribution is 0.601. The fourth-order valence-electron chi connectivity index (χ4n) is 3.24. The topological polar surface area (TPSA) is 49.7 Å². The molecule has 4 nitrogen and oxygen atoms in total. The summed E-state index contributed by atoms with van der Waals surface area (Å²) < 4.78 is 27.8. The number of hydrogen-bond donors (Lipinski definition) is 0. The van der Waals surface area contributed by atoms with Crippen molar-refractivity contribution in [1.82, 2.24) is 0 Å². The average molecular weight is 354 g/mol. The summed E-state index contributed by atoms with van der Waals surface area (Å²) in [6.45, 7) is 3.98. The van der Waals surface area contributed by atoms with Crippen molar-refractivity contribution in [2.75, 3.05) is 18.2 Å². The molecule has 2 aromatic carbocycles. The molecule has 0 saturated heterocycles. The van der Waals surface area contributed by atoms with E-state index in [1.54, 1.807) is 0 Å². The number of nitrogens with zero attached hydrogens (tertiary/aromatic N) is 2. The van der Waals surface area contributed by atoms with Gasteiger partial charge in [-0.05, 0) is 31.1 Å². The molecule has 0 aromatic heterocycles. The molecular weight excluding hydrogens is 332 g/mol. The number of para-hydroxylation sites is 1. The van der Waals surface area contributed by atoms with E-state index in [2.05, 4.69) is 28.7 Å². The van der Waals surface area contributed by atoms with Crippen LogP contribution in [-0.2, 0) is 10.0 Å². The maximum atomic E-state index is 11.9. The molecule has 1 aliphatic rings. The molecule has 0 N–H and O–H groups in total. The molecule has 130 valence electrons. The third-order valence-corrected chi connectivity index (χ3v) is 4.80. The van der Waals surface area contributed by atoms with Crippen LogP contribution in [0.15, 0.2) is 65.1 Å². The Morgan fingerprint density at radius 2 is 1.56 bits per heavy atom. The lowest BCUT2D eigenvalue weighted by Gasteiger charge is -2.29. The van der Waals surface area contributed by atoms with Crippen LogP contribution < -0.4 is 4.90 Å². The largest absolute Gasteiger partial charge is 0.331 e. The second-order valence-corrected chi connectivity index (χ2v) is 8.52. The molecule has 0 atom stereocenters.